The maximum Gasteiger partial charge on any atom is 0.320 e. The maximum atomic E-state index is 12.4. The van der Waals surface area contributed by atoms with Crippen molar-refractivity contribution in [2.45, 2.75) is 26.3 Å². The number of urea groups is 1. The molecule has 0 N–H and O–H groups in total. The van der Waals surface area contributed by atoms with Crippen molar-refractivity contribution in [3.05, 3.63) is 15.6 Å². The summed E-state index contributed by atoms with van der Waals surface area (Å²) in [6.07, 6.45) is 1.87. The average molecular weight is 281 g/mol. The van der Waals surface area contributed by atoms with Gasteiger partial charge in [0.05, 0.1) is 30.5 Å². The first-order chi connectivity index (χ1) is 9.28. The SMILES string of the molecule is CCc1nc2c(s1)CN(C(=O)N1CCOCC1)CC2. The Morgan fingerprint density at radius 3 is 2.84 bits per heavy atom. The third kappa shape index (κ3) is 2.60. The van der Waals surface area contributed by atoms with Crippen molar-refractivity contribution in [2.75, 3.05) is 32.8 Å². The molecule has 0 aliphatic carbocycles. The van der Waals surface area contributed by atoms with Gasteiger partial charge in [-0.1, -0.05) is 6.92 Å². The zero-order valence-corrected chi connectivity index (χ0v) is 12.0. The van der Waals surface area contributed by atoms with E-state index in [0.717, 1.165) is 25.9 Å². The number of aryl methyl sites for hydroxylation is 1. The van der Waals surface area contributed by atoms with E-state index < -0.39 is 0 Å². The number of carbonyl (C=O) groups is 1. The Labute approximate surface area is 117 Å². The minimum absolute atomic E-state index is 0.153. The number of ether oxygens (including phenoxy) is 1. The number of aromatic nitrogens is 1. The summed E-state index contributed by atoms with van der Waals surface area (Å²) < 4.78 is 5.29. The summed E-state index contributed by atoms with van der Waals surface area (Å²) in [6, 6.07) is 0.153. The standard InChI is InChI=1S/C13H19N3O2S/c1-2-12-14-10-3-4-16(9-11(10)19-12)13(17)15-5-7-18-8-6-15/h2-9H2,1H3. The van der Waals surface area contributed by atoms with Crippen LogP contribution in [0, 0.1) is 0 Å². The highest BCUT2D eigenvalue weighted by molar-refractivity contribution is 7.11. The number of amides is 2. The molecule has 0 saturated carbocycles. The summed E-state index contributed by atoms with van der Waals surface area (Å²) in [5, 5.41) is 1.19. The number of hydrogen-bond donors (Lipinski definition) is 0. The molecule has 0 atom stereocenters. The number of carbonyl (C=O) groups excluding carboxylic acids is 1. The van der Waals surface area contributed by atoms with Crippen LogP contribution in [0.5, 0.6) is 0 Å². The number of fused-ring (bicyclic) bond motifs is 1. The molecule has 0 aromatic carbocycles. The predicted octanol–water partition coefficient (Wildman–Crippen LogP) is 1.52. The summed E-state index contributed by atoms with van der Waals surface area (Å²) in [5.41, 5.74) is 1.20. The summed E-state index contributed by atoms with van der Waals surface area (Å²) in [4.78, 5) is 22.2. The number of hydrogen-bond acceptors (Lipinski definition) is 4. The third-order valence-electron chi connectivity index (χ3n) is 3.63. The first-order valence-electron chi connectivity index (χ1n) is 6.87. The zero-order valence-electron chi connectivity index (χ0n) is 11.2. The van der Waals surface area contributed by atoms with E-state index in [0.29, 0.717) is 26.3 Å². The van der Waals surface area contributed by atoms with Crippen molar-refractivity contribution in [1.29, 1.82) is 0 Å². The molecule has 1 saturated heterocycles. The molecule has 0 unspecified atom stereocenters. The third-order valence-corrected chi connectivity index (χ3v) is 4.86. The first kappa shape index (κ1) is 12.9. The first-order valence-corrected chi connectivity index (χ1v) is 7.68. The van der Waals surface area contributed by atoms with Crippen LogP contribution in [-0.4, -0.2) is 53.7 Å². The van der Waals surface area contributed by atoms with Crippen LogP contribution in [0.3, 0.4) is 0 Å². The minimum Gasteiger partial charge on any atom is -0.378 e. The number of thiazole rings is 1. The Hall–Kier alpha value is -1.14. The molecular formula is C13H19N3O2S. The van der Waals surface area contributed by atoms with Gasteiger partial charge in [0.2, 0.25) is 0 Å². The van der Waals surface area contributed by atoms with Crippen molar-refractivity contribution < 1.29 is 9.53 Å². The molecule has 1 fully saturated rings. The second-order valence-corrected chi connectivity index (χ2v) is 6.05. The van der Waals surface area contributed by atoms with E-state index >= 15 is 0 Å². The summed E-state index contributed by atoms with van der Waals surface area (Å²) >= 11 is 1.75. The van der Waals surface area contributed by atoms with E-state index in [2.05, 4.69) is 11.9 Å². The van der Waals surface area contributed by atoms with Gasteiger partial charge in [-0.15, -0.1) is 11.3 Å². The van der Waals surface area contributed by atoms with E-state index in [9.17, 15) is 4.79 Å². The summed E-state index contributed by atoms with van der Waals surface area (Å²) in [5.74, 6) is 0. The summed E-state index contributed by atoms with van der Waals surface area (Å²) in [7, 11) is 0. The zero-order chi connectivity index (χ0) is 13.2. The Morgan fingerprint density at radius 2 is 2.11 bits per heavy atom. The van der Waals surface area contributed by atoms with E-state index in [-0.39, 0.29) is 6.03 Å². The van der Waals surface area contributed by atoms with Crippen LogP contribution in [-0.2, 0) is 24.1 Å². The van der Waals surface area contributed by atoms with Crippen LogP contribution in [0.4, 0.5) is 4.79 Å². The molecule has 3 rings (SSSR count). The second kappa shape index (κ2) is 5.46. The van der Waals surface area contributed by atoms with Gasteiger partial charge in [-0.2, -0.15) is 0 Å². The normalized spacial score (nSPS) is 19.4. The Bertz CT molecular complexity index is 468. The van der Waals surface area contributed by atoms with Crippen molar-refractivity contribution in [1.82, 2.24) is 14.8 Å². The van der Waals surface area contributed by atoms with Gasteiger partial charge in [0.15, 0.2) is 0 Å². The molecule has 0 spiro atoms. The van der Waals surface area contributed by atoms with Gasteiger partial charge < -0.3 is 14.5 Å². The lowest BCUT2D eigenvalue weighted by molar-refractivity contribution is 0.0422. The molecule has 0 radical (unpaired) electrons. The fraction of sp³-hybridized carbons (Fsp3) is 0.692. The van der Waals surface area contributed by atoms with Gasteiger partial charge in [-0.3, -0.25) is 0 Å². The van der Waals surface area contributed by atoms with Crippen molar-refractivity contribution in [2.24, 2.45) is 0 Å². The Morgan fingerprint density at radius 1 is 1.32 bits per heavy atom. The second-order valence-electron chi connectivity index (χ2n) is 4.88. The number of morpholine rings is 1. The van der Waals surface area contributed by atoms with Crippen LogP contribution in [0.15, 0.2) is 0 Å². The van der Waals surface area contributed by atoms with Gasteiger partial charge in [0.1, 0.15) is 0 Å². The summed E-state index contributed by atoms with van der Waals surface area (Å²) in [6.45, 7) is 6.38. The lowest BCUT2D eigenvalue weighted by atomic mass is 10.2. The van der Waals surface area contributed by atoms with Gasteiger partial charge in [-0.25, -0.2) is 9.78 Å². The van der Waals surface area contributed by atoms with Crippen LogP contribution in [0.25, 0.3) is 0 Å². The monoisotopic (exact) mass is 281 g/mol. The highest BCUT2D eigenvalue weighted by atomic mass is 32.1. The van der Waals surface area contributed by atoms with Crippen molar-refractivity contribution in [3.8, 4) is 0 Å². The van der Waals surface area contributed by atoms with E-state index in [1.54, 1.807) is 11.3 Å². The average Bonchev–Trinajstić information content (AvgIpc) is 2.89. The topological polar surface area (TPSA) is 45.7 Å². The lowest BCUT2D eigenvalue weighted by Crippen LogP contribution is -2.49. The molecule has 2 amide bonds. The maximum absolute atomic E-state index is 12.4. The molecule has 0 bridgehead atoms. The van der Waals surface area contributed by atoms with E-state index in [4.69, 9.17) is 4.74 Å². The largest absolute Gasteiger partial charge is 0.378 e. The van der Waals surface area contributed by atoms with Crippen molar-refractivity contribution >= 4 is 17.4 Å². The van der Waals surface area contributed by atoms with Gasteiger partial charge >= 0.3 is 6.03 Å². The molecule has 104 valence electrons. The Kier molecular flexibility index (Phi) is 3.70. The van der Waals surface area contributed by atoms with Gasteiger partial charge in [0.25, 0.3) is 0 Å². The van der Waals surface area contributed by atoms with Crippen LogP contribution in [0.2, 0.25) is 0 Å². The molecule has 1 aromatic rings. The molecule has 5 nitrogen and oxygen atoms in total. The smallest absolute Gasteiger partial charge is 0.320 e. The predicted molar refractivity (Wildman–Crippen MR) is 73.4 cm³/mol. The van der Waals surface area contributed by atoms with E-state index in [1.165, 1.54) is 15.6 Å². The van der Waals surface area contributed by atoms with Gasteiger partial charge in [-0.05, 0) is 6.42 Å². The van der Waals surface area contributed by atoms with Crippen LogP contribution < -0.4 is 0 Å². The highest BCUT2D eigenvalue weighted by Crippen LogP contribution is 2.26. The molecule has 6 heteroatoms. The number of rotatable bonds is 1. The minimum atomic E-state index is 0.153. The highest BCUT2D eigenvalue weighted by Gasteiger charge is 2.27. The van der Waals surface area contributed by atoms with Gasteiger partial charge in [0, 0.05) is 30.9 Å². The fourth-order valence-electron chi connectivity index (χ4n) is 2.52. The fourth-order valence-corrected chi connectivity index (χ4v) is 3.59. The van der Waals surface area contributed by atoms with E-state index in [1.807, 2.05) is 9.80 Å². The molecule has 1 aromatic heterocycles. The molecule has 3 heterocycles. The molecule has 2 aliphatic rings. The molecule has 2 aliphatic heterocycles. The van der Waals surface area contributed by atoms with Crippen LogP contribution in [0.1, 0.15) is 22.5 Å². The number of nitrogens with zero attached hydrogens (tertiary/aromatic N) is 3. The molecule has 19 heavy (non-hydrogen) atoms. The van der Waals surface area contributed by atoms with Crippen LogP contribution >= 0.6 is 11.3 Å². The lowest BCUT2D eigenvalue weighted by Gasteiger charge is -2.34. The quantitative estimate of drug-likeness (QED) is 0.784. The molecular weight excluding hydrogens is 262 g/mol. The van der Waals surface area contributed by atoms with Crippen molar-refractivity contribution in [3.63, 3.8) is 0 Å². The Balaban J connectivity index is 1.68.